The third kappa shape index (κ3) is 8.96. The van der Waals surface area contributed by atoms with E-state index in [9.17, 15) is 24.6 Å². The molecule has 0 saturated carbocycles. The van der Waals surface area contributed by atoms with E-state index in [-0.39, 0.29) is 36.8 Å². The van der Waals surface area contributed by atoms with E-state index in [0.29, 0.717) is 49.1 Å². The number of phenolic OH excluding ortho intramolecular Hbond substituents is 1. The van der Waals surface area contributed by atoms with Gasteiger partial charge < -0.3 is 35.1 Å². The van der Waals surface area contributed by atoms with E-state index in [2.05, 4.69) is 10.6 Å². The van der Waals surface area contributed by atoms with Gasteiger partial charge in [0.15, 0.2) is 0 Å². The Kier molecular flexibility index (Phi) is 10.8. The first-order chi connectivity index (χ1) is 17.3. The number of amides is 2. The number of rotatable bonds is 12. The lowest BCUT2D eigenvalue weighted by atomic mass is 9.94. The molecule has 0 bridgehead atoms. The van der Waals surface area contributed by atoms with Crippen LogP contribution in [0.25, 0.3) is 0 Å². The number of alkyl carbamates (subject to hydrolysis) is 1. The van der Waals surface area contributed by atoms with Gasteiger partial charge in [-0.05, 0) is 65.9 Å². The lowest BCUT2D eigenvalue weighted by molar-refractivity contribution is -0.121. The first-order valence-electron chi connectivity index (χ1n) is 12.5. The highest BCUT2D eigenvalue weighted by Gasteiger charge is 2.31. The molecule has 1 aliphatic rings. The predicted octanol–water partition coefficient (Wildman–Crippen LogP) is 3.43. The first kappa shape index (κ1) is 30.0. The van der Waals surface area contributed by atoms with Crippen LogP contribution in [-0.4, -0.2) is 60.1 Å². The van der Waals surface area contributed by atoms with Crippen molar-refractivity contribution < 1.29 is 38.8 Å². The molecule has 1 heterocycles. The lowest BCUT2D eigenvalue weighted by Gasteiger charge is -2.20. The highest BCUT2D eigenvalue weighted by Crippen LogP contribution is 2.42. The van der Waals surface area contributed by atoms with Gasteiger partial charge in [-0.3, -0.25) is 4.79 Å². The minimum atomic E-state index is -0.660. The van der Waals surface area contributed by atoms with Gasteiger partial charge in [0.25, 0.3) is 0 Å². The summed E-state index contributed by atoms with van der Waals surface area (Å²) in [5.41, 5.74) is 2.49. The molecule has 1 unspecified atom stereocenters. The molecule has 4 N–H and O–H groups in total. The van der Waals surface area contributed by atoms with E-state index in [0.717, 1.165) is 11.1 Å². The minimum absolute atomic E-state index is 0.119. The molecule has 0 aromatic heterocycles. The van der Waals surface area contributed by atoms with Crippen molar-refractivity contribution >= 4 is 18.0 Å². The zero-order valence-corrected chi connectivity index (χ0v) is 22.7. The Hall–Kier alpha value is -3.27. The van der Waals surface area contributed by atoms with Gasteiger partial charge in [-0.2, -0.15) is 0 Å². The number of phenols is 1. The fraction of sp³-hybridized carbons (Fsp3) is 0.593. The Bertz CT molecular complexity index is 1030. The molecule has 1 aromatic carbocycles. The number of hydrogen-bond donors (Lipinski definition) is 4. The average molecular weight is 521 g/mol. The number of nitrogens with one attached hydrogen (secondary N) is 2. The molecule has 0 radical (unpaired) electrons. The Morgan fingerprint density at radius 2 is 1.81 bits per heavy atom. The maximum Gasteiger partial charge on any atom is 0.407 e. The molecule has 206 valence electrons. The number of hydrogen-bond acceptors (Lipinski definition) is 8. The van der Waals surface area contributed by atoms with Crippen LogP contribution in [0.15, 0.2) is 11.6 Å². The van der Waals surface area contributed by atoms with E-state index in [1.54, 1.807) is 20.8 Å². The van der Waals surface area contributed by atoms with Crippen LogP contribution >= 0.6 is 0 Å². The molecule has 2 rings (SSSR count). The van der Waals surface area contributed by atoms with Crippen molar-refractivity contribution in [2.75, 3.05) is 20.2 Å². The number of ether oxygens (including phenoxy) is 3. The summed E-state index contributed by atoms with van der Waals surface area (Å²) in [6, 6.07) is 0. The average Bonchev–Trinajstić information content (AvgIpc) is 3.19. The number of aromatic hydroxyl groups is 1. The number of aliphatic hydroxyl groups excluding tert-OH is 1. The molecule has 1 aromatic rings. The predicted molar refractivity (Wildman–Crippen MR) is 138 cm³/mol. The highest BCUT2D eigenvalue weighted by atomic mass is 16.6. The standard InChI is InChI=1S/C27H40N2O8/c1-16(7-9-19-23(32)22-20(15-36-25(22)33)17(2)24(19)35-6)8-10-21(31)28-13-11-18(30)12-14-29-26(34)37-27(3,4)5/h7,18,30,32H,8-15H2,1-6H3,(H,28,31)(H,29,34). The van der Waals surface area contributed by atoms with Crippen LogP contribution in [0.4, 0.5) is 4.79 Å². The topological polar surface area (TPSA) is 143 Å². The van der Waals surface area contributed by atoms with E-state index in [4.69, 9.17) is 14.2 Å². The van der Waals surface area contributed by atoms with Gasteiger partial charge in [0, 0.05) is 30.6 Å². The number of esters is 1. The fourth-order valence-corrected chi connectivity index (χ4v) is 3.98. The molecule has 10 heteroatoms. The second-order valence-electron chi connectivity index (χ2n) is 10.2. The molecule has 0 spiro atoms. The zero-order valence-electron chi connectivity index (χ0n) is 22.7. The molecule has 2 amide bonds. The smallest absolute Gasteiger partial charge is 0.407 e. The summed E-state index contributed by atoms with van der Waals surface area (Å²) in [5, 5.41) is 26.1. The van der Waals surface area contributed by atoms with Gasteiger partial charge >= 0.3 is 12.1 Å². The summed E-state index contributed by atoms with van der Waals surface area (Å²) in [6.07, 6.45) is 2.57. The second kappa shape index (κ2) is 13.3. The van der Waals surface area contributed by atoms with Crippen molar-refractivity contribution in [1.29, 1.82) is 0 Å². The van der Waals surface area contributed by atoms with Crippen molar-refractivity contribution in [3.63, 3.8) is 0 Å². The van der Waals surface area contributed by atoms with Crippen molar-refractivity contribution in [3.05, 3.63) is 33.9 Å². The number of methoxy groups -OCH3 is 1. The molecule has 0 saturated heterocycles. The normalized spacial score (nSPS) is 14.0. The van der Waals surface area contributed by atoms with Crippen LogP contribution in [0.1, 0.15) is 80.4 Å². The second-order valence-corrected chi connectivity index (χ2v) is 10.2. The number of cyclic esters (lactones) is 1. The minimum Gasteiger partial charge on any atom is -0.507 e. The molecular formula is C27H40N2O8. The number of benzene rings is 1. The molecule has 10 nitrogen and oxygen atoms in total. The molecule has 0 fully saturated rings. The van der Waals surface area contributed by atoms with Crippen LogP contribution in [0.2, 0.25) is 0 Å². The monoisotopic (exact) mass is 520 g/mol. The molecule has 1 atom stereocenters. The number of allylic oxidation sites excluding steroid dienone is 2. The largest absolute Gasteiger partial charge is 0.507 e. The summed E-state index contributed by atoms with van der Waals surface area (Å²) in [5.74, 6) is -0.275. The van der Waals surface area contributed by atoms with E-state index in [1.165, 1.54) is 7.11 Å². The Labute approximate surface area is 218 Å². The number of aliphatic hydroxyl groups is 1. The van der Waals surface area contributed by atoms with Gasteiger partial charge in [0.05, 0.1) is 13.2 Å². The third-order valence-electron chi connectivity index (χ3n) is 5.99. The van der Waals surface area contributed by atoms with Crippen molar-refractivity contribution in [2.24, 2.45) is 0 Å². The molecule has 1 aliphatic heterocycles. The van der Waals surface area contributed by atoms with Crippen molar-refractivity contribution in [2.45, 2.75) is 85.0 Å². The molecule has 0 aliphatic carbocycles. The Morgan fingerprint density at radius 3 is 2.43 bits per heavy atom. The van der Waals surface area contributed by atoms with Crippen LogP contribution in [0, 0.1) is 6.92 Å². The van der Waals surface area contributed by atoms with E-state index in [1.807, 2.05) is 19.9 Å². The molecular weight excluding hydrogens is 480 g/mol. The van der Waals surface area contributed by atoms with E-state index >= 15 is 0 Å². The van der Waals surface area contributed by atoms with Crippen LogP contribution in [0.3, 0.4) is 0 Å². The van der Waals surface area contributed by atoms with Crippen LogP contribution in [0.5, 0.6) is 11.5 Å². The maximum absolute atomic E-state index is 12.2. The van der Waals surface area contributed by atoms with Crippen LogP contribution < -0.4 is 15.4 Å². The number of carbonyl (C=O) groups is 3. The molecule has 37 heavy (non-hydrogen) atoms. The van der Waals surface area contributed by atoms with Gasteiger partial charge in [-0.25, -0.2) is 9.59 Å². The van der Waals surface area contributed by atoms with Gasteiger partial charge in [0.1, 0.15) is 29.3 Å². The van der Waals surface area contributed by atoms with E-state index < -0.39 is 23.8 Å². The fourth-order valence-electron chi connectivity index (χ4n) is 3.98. The van der Waals surface area contributed by atoms with Crippen molar-refractivity contribution in [1.82, 2.24) is 10.6 Å². The van der Waals surface area contributed by atoms with Gasteiger partial charge in [-0.1, -0.05) is 11.6 Å². The summed E-state index contributed by atoms with van der Waals surface area (Å²) >= 11 is 0. The quantitative estimate of drug-likeness (QED) is 0.242. The maximum atomic E-state index is 12.2. The zero-order chi connectivity index (χ0) is 27.8. The summed E-state index contributed by atoms with van der Waals surface area (Å²) < 4.78 is 15.7. The van der Waals surface area contributed by atoms with Gasteiger partial charge in [0.2, 0.25) is 5.91 Å². The van der Waals surface area contributed by atoms with Crippen molar-refractivity contribution in [3.8, 4) is 11.5 Å². The van der Waals surface area contributed by atoms with Gasteiger partial charge in [-0.15, -0.1) is 0 Å². The third-order valence-corrected chi connectivity index (χ3v) is 5.99. The van der Waals surface area contributed by atoms with Crippen LogP contribution in [-0.2, 0) is 27.3 Å². The Morgan fingerprint density at radius 1 is 1.16 bits per heavy atom. The lowest BCUT2D eigenvalue weighted by Crippen LogP contribution is -2.34. The highest BCUT2D eigenvalue weighted by molar-refractivity contribution is 5.98. The number of carbonyl (C=O) groups excluding carboxylic acids is 3. The summed E-state index contributed by atoms with van der Waals surface area (Å²) in [6.45, 7) is 9.77. The summed E-state index contributed by atoms with van der Waals surface area (Å²) in [4.78, 5) is 35.8. The summed E-state index contributed by atoms with van der Waals surface area (Å²) in [7, 11) is 1.52. The number of fused-ring (bicyclic) bond motifs is 1. The SMILES string of the molecule is COc1c(C)c2c(c(O)c1CC=C(C)CCC(=O)NCCC(O)CCNC(=O)OC(C)(C)C)C(=O)OC2. The Balaban J connectivity index is 1.75. The first-order valence-corrected chi connectivity index (χ1v) is 12.5.